The molecule has 0 spiro atoms. The Kier molecular flexibility index (Phi) is 5.75. The highest BCUT2D eigenvalue weighted by Gasteiger charge is 2.14. The predicted molar refractivity (Wildman–Crippen MR) is 101 cm³/mol. The summed E-state index contributed by atoms with van der Waals surface area (Å²) in [7, 11) is 0. The van der Waals surface area contributed by atoms with Crippen molar-refractivity contribution in [2.45, 2.75) is 13.8 Å². The third-order valence-corrected chi connectivity index (χ3v) is 4.33. The molecule has 0 fully saturated rings. The summed E-state index contributed by atoms with van der Waals surface area (Å²) < 4.78 is 0. The fourth-order valence-electron chi connectivity index (χ4n) is 3.02. The molecule has 0 amide bonds. The highest BCUT2D eigenvalue weighted by molar-refractivity contribution is 6.18. The van der Waals surface area contributed by atoms with Crippen LogP contribution in [0.5, 0.6) is 0 Å². The second-order valence-corrected chi connectivity index (χ2v) is 5.58. The lowest BCUT2D eigenvalue weighted by Gasteiger charge is -2.18. The van der Waals surface area contributed by atoms with E-state index in [2.05, 4.69) is 43.0 Å². The number of fused-ring (bicyclic) bond motifs is 3. The molecule has 0 N–H and O–H groups in total. The van der Waals surface area contributed by atoms with Gasteiger partial charge in [0.25, 0.3) is 0 Å². The quantitative estimate of drug-likeness (QED) is 0.488. The summed E-state index contributed by atoms with van der Waals surface area (Å²) in [4.78, 5) is 14.9. The van der Waals surface area contributed by atoms with Crippen molar-refractivity contribution in [3.63, 3.8) is 0 Å². The SMILES string of the molecule is CCN(CC)CC(=O)c1cc2ccccc2c2ccccc12.Cl. The van der Waals surface area contributed by atoms with E-state index in [1.54, 1.807) is 0 Å². The van der Waals surface area contributed by atoms with Crippen molar-refractivity contribution in [1.29, 1.82) is 0 Å². The van der Waals surface area contributed by atoms with Gasteiger partial charge in [-0.3, -0.25) is 9.69 Å². The molecule has 0 aliphatic rings. The summed E-state index contributed by atoms with van der Waals surface area (Å²) in [6.07, 6.45) is 0. The molecule has 23 heavy (non-hydrogen) atoms. The van der Waals surface area contributed by atoms with Crippen LogP contribution < -0.4 is 0 Å². The van der Waals surface area contributed by atoms with Crippen LogP contribution in [0.4, 0.5) is 0 Å². The largest absolute Gasteiger partial charge is 0.296 e. The summed E-state index contributed by atoms with van der Waals surface area (Å²) >= 11 is 0. The van der Waals surface area contributed by atoms with E-state index in [0.29, 0.717) is 6.54 Å². The highest BCUT2D eigenvalue weighted by Crippen LogP contribution is 2.29. The summed E-state index contributed by atoms with van der Waals surface area (Å²) in [5, 5.41) is 4.54. The number of hydrogen-bond donors (Lipinski definition) is 0. The van der Waals surface area contributed by atoms with E-state index in [4.69, 9.17) is 0 Å². The third kappa shape index (κ3) is 3.39. The summed E-state index contributed by atoms with van der Waals surface area (Å²) in [5.74, 6) is 0.200. The van der Waals surface area contributed by atoms with Crippen LogP contribution in [0.3, 0.4) is 0 Å². The Bertz CT molecular complexity index is 824. The molecule has 120 valence electrons. The Morgan fingerprint density at radius 1 is 0.870 bits per heavy atom. The van der Waals surface area contributed by atoms with Crippen LogP contribution in [0.15, 0.2) is 54.6 Å². The summed E-state index contributed by atoms with van der Waals surface area (Å²) in [6.45, 7) is 6.46. The Labute approximate surface area is 143 Å². The molecule has 0 radical (unpaired) electrons. The zero-order chi connectivity index (χ0) is 15.5. The van der Waals surface area contributed by atoms with Gasteiger partial charge in [0, 0.05) is 5.56 Å². The van der Waals surface area contributed by atoms with Gasteiger partial charge in [-0.2, -0.15) is 0 Å². The summed E-state index contributed by atoms with van der Waals surface area (Å²) in [5.41, 5.74) is 0.834. The van der Waals surface area contributed by atoms with E-state index in [9.17, 15) is 4.79 Å². The predicted octanol–water partition coefficient (Wildman–Crippen LogP) is 4.94. The first kappa shape index (κ1) is 17.5. The van der Waals surface area contributed by atoms with Crippen LogP contribution >= 0.6 is 12.4 Å². The normalized spacial score (nSPS) is 10.9. The molecule has 0 saturated carbocycles. The maximum absolute atomic E-state index is 12.8. The van der Waals surface area contributed by atoms with Gasteiger partial charge in [0.15, 0.2) is 5.78 Å². The van der Waals surface area contributed by atoms with Gasteiger partial charge in [-0.25, -0.2) is 0 Å². The van der Waals surface area contributed by atoms with Gasteiger partial charge >= 0.3 is 0 Å². The Balaban J connectivity index is 0.00000192. The van der Waals surface area contributed by atoms with E-state index in [-0.39, 0.29) is 18.2 Å². The van der Waals surface area contributed by atoms with Gasteiger partial charge in [-0.05, 0) is 40.7 Å². The van der Waals surface area contributed by atoms with Gasteiger partial charge in [-0.15, -0.1) is 12.4 Å². The van der Waals surface area contributed by atoms with E-state index >= 15 is 0 Å². The Hall–Kier alpha value is -1.90. The van der Waals surface area contributed by atoms with E-state index in [1.165, 1.54) is 5.39 Å². The van der Waals surface area contributed by atoms with E-state index in [1.807, 2.05) is 30.3 Å². The van der Waals surface area contributed by atoms with Crippen molar-refractivity contribution >= 4 is 39.7 Å². The number of likely N-dealkylation sites (N-methyl/N-ethyl adjacent to an activating group) is 1. The maximum atomic E-state index is 12.8. The molecule has 0 aliphatic heterocycles. The van der Waals surface area contributed by atoms with Crippen molar-refractivity contribution in [2.24, 2.45) is 0 Å². The number of carbonyl (C=O) groups excluding carboxylic acids is 1. The first-order valence-corrected chi connectivity index (χ1v) is 7.90. The maximum Gasteiger partial charge on any atom is 0.177 e. The Morgan fingerprint density at radius 3 is 2.09 bits per heavy atom. The first-order chi connectivity index (χ1) is 10.7. The smallest absolute Gasteiger partial charge is 0.177 e. The molecule has 0 saturated heterocycles. The molecular weight excluding hydrogens is 306 g/mol. The zero-order valence-electron chi connectivity index (χ0n) is 13.6. The number of nitrogens with zero attached hydrogens (tertiary/aromatic N) is 1. The third-order valence-electron chi connectivity index (χ3n) is 4.33. The zero-order valence-corrected chi connectivity index (χ0v) is 14.4. The van der Waals surface area contributed by atoms with E-state index < -0.39 is 0 Å². The number of hydrogen-bond acceptors (Lipinski definition) is 2. The van der Waals surface area contributed by atoms with Crippen molar-refractivity contribution in [2.75, 3.05) is 19.6 Å². The molecule has 0 heterocycles. The molecule has 3 rings (SSSR count). The van der Waals surface area contributed by atoms with Gasteiger partial charge < -0.3 is 0 Å². The van der Waals surface area contributed by atoms with Gasteiger partial charge in [0.1, 0.15) is 0 Å². The standard InChI is InChI=1S/C20H21NO.ClH/c1-3-21(4-2)14-20(22)19-13-15-9-5-6-10-16(15)17-11-7-8-12-18(17)19;/h5-13H,3-4,14H2,1-2H3;1H. The molecule has 0 aliphatic carbocycles. The first-order valence-electron chi connectivity index (χ1n) is 7.90. The lowest BCUT2D eigenvalue weighted by Crippen LogP contribution is -2.29. The van der Waals surface area contributed by atoms with Gasteiger partial charge in [-0.1, -0.05) is 62.4 Å². The fraction of sp³-hybridized carbons (Fsp3) is 0.250. The van der Waals surface area contributed by atoms with Crippen molar-refractivity contribution in [3.05, 3.63) is 60.2 Å². The van der Waals surface area contributed by atoms with Crippen LogP contribution in [-0.4, -0.2) is 30.3 Å². The second kappa shape index (κ2) is 7.58. The molecule has 2 nitrogen and oxygen atoms in total. The van der Waals surface area contributed by atoms with Crippen LogP contribution in [0.1, 0.15) is 24.2 Å². The van der Waals surface area contributed by atoms with Gasteiger partial charge in [0.2, 0.25) is 0 Å². The average molecular weight is 328 g/mol. The highest BCUT2D eigenvalue weighted by atomic mass is 35.5. The molecule has 3 aromatic rings. The van der Waals surface area contributed by atoms with Gasteiger partial charge in [0.05, 0.1) is 6.54 Å². The number of carbonyl (C=O) groups is 1. The molecular formula is C20H22ClNO. The van der Waals surface area contributed by atoms with Crippen LogP contribution in [0.25, 0.3) is 21.5 Å². The minimum Gasteiger partial charge on any atom is -0.296 e. The minimum absolute atomic E-state index is 0. The minimum atomic E-state index is 0. The average Bonchev–Trinajstić information content (AvgIpc) is 2.58. The van der Waals surface area contributed by atoms with E-state index in [0.717, 1.165) is 34.8 Å². The van der Waals surface area contributed by atoms with Crippen LogP contribution in [-0.2, 0) is 0 Å². The van der Waals surface area contributed by atoms with Crippen LogP contribution in [0, 0.1) is 0 Å². The molecule has 0 atom stereocenters. The summed E-state index contributed by atoms with van der Waals surface area (Å²) in [6, 6.07) is 18.5. The Morgan fingerprint density at radius 2 is 1.43 bits per heavy atom. The lowest BCUT2D eigenvalue weighted by molar-refractivity contribution is 0.0939. The number of benzene rings is 3. The topological polar surface area (TPSA) is 20.3 Å². The monoisotopic (exact) mass is 327 g/mol. The molecule has 3 aromatic carbocycles. The number of rotatable bonds is 5. The lowest BCUT2D eigenvalue weighted by atomic mass is 9.95. The van der Waals surface area contributed by atoms with Crippen molar-refractivity contribution in [3.8, 4) is 0 Å². The van der Waals surface area contributed by atoms with Crippen molar-refractivity contribution in [1.82, 2.24) is 4.90 Å². The molecule has 0 unspecified atom stereocenters. The number of Topliss-reactive ketones (excluding diaryl/α,β-unsaturated/α-hetero) is 1. The molecule has 0 bridgehead atoms. The van der Waals surface area contributed by atoms with Crippen molar-refractivity contribution < 1.29 is 4.79 Å². The number of halogens is 1. The molecule has 3 heteroatoms. The second-order valence-electron chi connectivity index (χ2n) is 5.58. The fourth-order valence-corrected chi connectivity index (χ4v) is 3.02. The number of ketones is 1. The molecule has 0 aromatic heterocycles. The van der Waals surface area contributed by atoms with Crippen LogP contribution in [0.2, 0.25) is 0 Å².